The zero-order valence-electron chi connectivity index (χ0n) is 11.9. The molecular weight excluding hydrogens is 250 g/mol. The molecule has 106 valence electrons. The van der Waals surface area contributed by atoms with Gasteiger partial charge in [0.25, 0.3) is 0 Å². The predicted octanol–water partition coefficient (Wildman–Crippen LogP) is 1.85. The molecule has 1 unspecified atom stereocenters. The highest BCUT2D eigenvalue weighted by molar-refractivity contribution is 5.78. The Morgan fingerprint density at radius 2 is 2.30 bits per heavy atom. The van der Waals surface area contributed by atoms with Crippen molar-refractivity contribution in [3.63, 3.8) is 0 Å². The fraction of sp³-hybridized carbons (Fsp3) is 0.500. The van der Waals surface area contributed by atoms with E-state index in [0.29, 0.717) is 19.6 Å². The fourth-order valence-corrected chi connectivity index (χ4v) is 2.57. The number of carbonyl (C=O) groups excluding carboxylic acids is 1. The van der Waals surface area contributed by atoms with Gasteiger partial charge in [-0.2, -0.15) is 5.26 Å². The molecule has 1 N–H and O–H groups in total. The minimum absolute atomic E-state index is 0.0341. The summed E-state index contributed by atoms with van der Waals surface area (Å²) in [6.07, 6.45) is 1.96. The quantitative estimate of drug-likeness (QED) is 0.909. The van der Waals surface area contributed by atoms with Crippen molar-refractivity contribution in [3.05, 3.63) is 35.4 Å². The summed E-state index contributed by atoms with van der Waals surface area (Å²) in [5.41, 5.74) is 2.34. The van der Waals surface area contributed by atoms with E-state index in [0.717, 1.165) is 24.9 Å². The van der Waals surface area contributed by atoms with Crippen LogP contribution in [0.5, 0.6) is 0 Å². The van der Waals surface area contributed by atoms with E-state index in [2.05, 4.69) is 16.3 Å². The Hall–Kier alpha value is -1.86. The average molecular weight is 271 g/mol. The maximum absolute atomic E-state index is 12.0. The van der Waals surface area contributed by atoms with Crippen LogP contribution in [0.2, 0.25) is 0 Å². The van der Waals surface area contributed by atoms with Gasteiger partial charge in [-0.3, -0.25) is 9.69 Å². The summed E-state index contributed by atoms with van der Waals surface area (Å²) in [6.45, 7) is 4.64. The smallest absolute Gasteiger partial charge is 0.234 e. The number of benzene rings is 1. The second kappa shape index (κ2) is 7.06. The number of carbonyl (C=O) groups is 1. The summed E-state index contributed by atoms with van der Waals surface area (Å²) in [5.74, 6) is 0.111. The van der Waals surface area contributed by atoms with Crippen LogP contribution < -0.4 is 5.32 Å². The average Bonchev–Trinajstić information content (AvgIpc) is 2.46. The van der Waals surface area contributed by atoms with Crippen molar-refractivity contribution in [3.8, 4) is 6.07 Å². The van der Waals surface area contributed by atoms with Gasteiger partial charge in [0.2, 0.25) is 5.91 Å². The Kier molecular flexibility index (Phi) is 5.14. The van der Waals surface area contributed by atoms with E-state index in [1.165, 1.54) is 5.56 Å². The first kappa shape index (κ1) is 14.5. The highest BCUT2D eigenvalue weighted by atomic mass is 16.2. The van der Waals surface area contributed by atoms with Crippen LogP contribution in [0.25, 0.3) is 0 Å². The Labute approximate surface area is 120 Å². The van der Waals surface area contributed by atoms with E-state index in [1.807, 2.05) is 31.2 Å². The second-order valence-corrected chi connectivity index (χ2v) is 5.41. The normalized spacial score (nSPS) is 19.3. The third kappa shape index (κ3) is 4.07. The number of piperidine rings is 1. The van der Waals surface area contributed by atoms with Gasteiger partial charge in [0.05, 0.1) is 18.5 Å². The minimum atomic E-state index is 0.0341. The number of likely N-dealkylation sites (tertiary alicyclic amines) is 1. The van der Waals surface area contributed by atoms with Gasteiger partial charge >= 0.3 is 0 Å². The zero-order chi connectivity index (χ0) is 14.4. The largest absolute Gasteiger partial charge is 0.351 e. The molecule has 1 aliphatic heterocycles. The van der Waals surface area contributed by atoms with Gasteiger partial charge in [-0.15, -0.1) is 0 Å². The third-order valence-electron chi connectivity index (χ3n) is 3.79. The zero-order valence-corrected chi connectivity index (χ0v) is 11.9. The molecule has 1 amide bonds. The van der Waals surface area contributed by atoms with Gasteiger partial charge < -0.3 is 5.32 Å². The number of amides is 1. The van der Waals surface area contributed by atoms with Gasteiger partial charge in [-0.25, -0.2) is 0 Å². The first-order valence-electron chi connectivity index (χ1n) is 7.12. The van der Waals surface area contributed by atoms with Crippen LogP contribution in [0, 0.1) is 24.2 Å². The standard InChI is InChI=1S/C16H21N3O/c1-13-5-2-3-7-15(13)10-18-16(20)12-19-8-4-6-14(9-17)11-19/h2-3,5,7,14H,4,6,8,10-12H2,1H3,(H,18,20). The molecule has 1 aromatic carbocycles. The number of hydrogen-bond acceptors (Lipinski definition) is 3. The summed E-state index contributed by atoms with van der Waals surface area (Å²) in [4.78, 5) is 14.0. The molecule has 1 atom stereocenters. The van der Waals surface area contributed by atoms with Crippen LogP contribution in [-0.2, 0) is 11.3 Å². The lowest BCUT2D eigenvalue weighted by Gasteiger charge is -2.28. The van der Waals surface area contributed by atoms with Crippen LogP contribution in [0.15, 0.2) is 24.3 Å². The van der Waals surface area contributed by atoms with E-state index in [9.17, 15) is 4.79 Å². The summed E-state index contributed by atoms with van der Waals surface area (Å²) in [6, 6.07) is 10.4. The Morgan fingerprint density at radius 1 is 1.50 bits per heavy atom. The molecule has 0 bridgehead atoms. The molecule has 4 heteroatoms. The van der Waals surface area contributed by atoms with E-state index in [-0.39, 0.29) is 11.8 Å². The molecule has 1 saturated heterocycles. The van der Waals surface area contributed by atoms with Gasteiger partial charge in [0.15, 0.2) is 0 Å². The van der Waals surface area contributed by atoms with Gasteiger partial charge in [-0.05, 0) is 37.4 Å². The monoisotopic (exact) mass is 271 g/mol. The molecule has 1 aromatic rings. The van der Waals surface area contributed by atoms with Crippen molar-refractivity contribution < 1.29 is 4.79 Å². The number of nitriles is 1. The van der Waals surface area contributed by atoms with Crippen LogP contribution in [0.4, 0.5) is 0 Å². The summed E-state index contributed by atoms with van der Waals surface area (Å²) in [5, 5.41) is 11.9. The first-order chi connectivity index (χ1) is 9.69. The van der Waals surface area contributed by atoms with Gasteiger partial charge in [0, 0.05) is 13.1 Å². The number of aryl methyl sites for hydroxylation is 1. The Bertz CT molecular complexity index is 507. The molecule has 0 aliphatic carbocycles. The number of nitrogens with one attached hydrogen (secondary N) is 1. The van der Waals surface area contributed by atoms with Gasteiger partial charge in [0.1, 0.15) is 0 Å². The number of hydrogen-bond donors (Lipinski definition) is 1. The third-order valence-corrected chi connectivity index (χ3v) is 3.79. The SMILES string of the molecule is Cc1ccccc1CNC(=O)CN1CCCC(C#N)C1. The maximum Gasteiger partial charge on any atom is 0.234 e. The van der Waals surface area contributed by atoms with Crippen LogP contribution >= 0.6 is 0 Å². The van der Waals surface area contributed by atoms with Crippen molar-refractivity contribution in [2.75, 3.05) is 19.6 Å². The van der Waals surface area contributed by atoms with Crippen molar-refractivity contribution in [2.45, 2.75) is 26.3 Å². The van der Waals surface area contributed by atoms with E-state index in [1.54, 1.807) is 0 Å². The predicted molar refractivity (Wildman–Crippen MR) is 77.8 cm³/mol. The molecule has 0 spiro atoms. The Balaban J connectivity index is 1.78. The van der Waals surface area contributed by atoms with E-state index in [4.69, 9.17) is 5.26 Å². The Morgan fingerprint density at radius 3 is 3.05 bits per heavy atom. The van der Waals surface area contributed by atoms with E-state index >= 15 is 0 Å². The van der Waals surface area contributed by atoms with E-state index < -0.39 is 0 Å². The van der Waals surface area contributed by atoms with Crippen LogP contribution in [0.3, 0.4) is 0 Å². The highest BCUT2D eigenvalue weighted by Gasteiger charge is 2.20. The number of nitrogens with zero attached hydrogens (tertiary/aromatic N) is 2. The van der Waals surface area contributed by atoms with Crippen molar-refractivity contribution in [1.29, 1.82) is 5.26 Å². The van der Waals surface area contributed by atoms with Gasteiger partial charge in [-0.1, -0.05) is 24.3 Å². The molecular formula is C16H21N3O. The fourth-order valence-electron chi connectivity index (χ4n) is 2.57. The molecule has 4 nitrogen and oxygen atoms in total. The lowest BCUT2D eigenvalue weighted by Crippen LogP contribution is -2.42. The van der Waals surface area contributed by atoms with Crippen molar-refractivity contribution in [1.82, 2.24) is 10.2 Å². The second-order valence-electron chi connectivity index (χ2n) is 5.41. The highest BCUT2D eigenvalue weighted by Crippen LogP contribution is 2.14. The minimum Gasteiger partial charge on any atom is -0.351 e. The van der Waals surface area contributed by atoms with Crippen molar-refractivity contribution in [2.24, 2.45) is 5.92 Å². The van der Waals surface area contributed by atoms with Crippen LogP contribution in [0.1, 0.15) is 24.0 Å². The molecule has 0 radical (unpaired) electrons. The topological polar surface area (TPSA) is 56.1 Å². The molecule has 0 aromatic heterocycles. The number of rotatable bonds is 4. The molecule has 20 heavy (non-hydrogen) atoms. The lowest BCUT2D eigenvalue weighted by atomic mass is 10.00. The first-order valence-corrected chi connectivity index (χ1v) is 7.12. The summed E-state index contributed by atoms with van der Waals surface area (Å²) < 4.78 is 0. The lowest BCUT2D eigenvalue weighted by molar-refractivity contribution is -0.122. The molecule has 1 aliphatic rings. The van der Waals surface area contributed by atoms with Crippen LogP contribution in [-0.4, -0.2) is 30.4 Å². The summed E-state index contributed by atoms with van der Waals surface area (Å²) in [7, 11) is 0. The molecule has 2 rings (SSSR count). The molecule has 0 saturated carbocycles. The molecule has 1 heterocycles. The molecule has 1 fully saturated rings. The van der Waals surface area contributed by atoms with Crippen molar-refractivity contribution >= 4 is 5.91 Å². The summed E-state index contributed by atoms with van der Waals surface area (Å²) >= 11 is 0. The maximum atomic E-state index is 12.0.